The van der Waals surface area contributed by atoms with Crippen LogP contribution in [0.25, 0.3) is 10.9 Å². The number of nitrogens with zero attached hydrogens (tertiary/aromatic N) is 1. The number of fused-ring (bicyclic) bond motifs is 1. The molecule has 0 aliphatic rings. The molecule has 1 aromatic heterocycles. The Hall–Kier alpha value is -2.69. The van der Waals surface area contributed by atoms with Crippen LogP contribution in [-0.2, 0) is 7.05 Å². The zero-order valence-electron chi connectivity index (χ0n) is 15.6. The van der Waals surface area contributed by atoms with Gasteiger partial charge in [0.05, 0.1) is 5.02 Å². The lowest BCUT2D eigenvalue weighted by Crippen LogP contribution is -2.04. The SMILES string of the molecule is Cc1ccccc1C(=O)c1ccc(SNc2ccc3c(ccn3C)c2)cc1Cl. The van der Waals surface area contributed by atoms with Crippen LogP contribution in [-0.4, -0.2) is 10.4 Å². The summed E-state index contributed by atoms with van der Waals surface area (Å²) >= 11 is 7.89. The number of carbonyl (C=O) groups excluding carboxylic acids is 1. The number of nitrogens with one attached hydrogen (secondary N) is 1. The first-order valence-corrected chi connectivity index (χ1v) is 10.1. The van der Waals surface area contributed by atoms with Crippen LogP contribution < -0.4 is 4.72 Å². The van der Waals surface area contributed by atoms with Gasteiger partial charge in [0, 0.05) is 45.9 Å². The molecular formula is C23H19ClN2OS. The molecule has 4 aromatic rings. The monoisotopic (exact) mass is 406 g/mol. The molecule has 0 spiro atoms. The molecule has 140 valence electrons. The Labute approximate surface area is 173 Å². The van der Waals surface area contributed by atoms with E-state index in [2.05, 4.69) is 27.5 Å². The molecule has 0 saturated heterocycles. The predicted octanol–water partition coefficient (Wildman–Crippen LogP) is 6.49. The largest absolute Gasteiger partial charge is 0.351 e. The Morgan fingerprint density at radius 1 is 1.00 bits per heavy atom. The molecule has 0 fully saturated rings. The highest BCUT2D eigenvalue weighted by Gasteiger charge is 2.15. The van der Waals surface area contributed by atoms with Crippen molar-refractivity contribution in [3.8, 4) is 0 Å². The molecule has 5 heteroatoms. The van der Waals surface area contributed by atoms with Crippen molar-refractivity contribution in [3.63, 3.8) is 0 Å². The van der Waals surface area contributed by atoms with E-state index >= 15 is 0 Å². The van der Waals surface area contributed by atoms with E-state index in [4.69, 9.17) is 11.6 Å². The molecule has 0 bridgehead atoms. The smallest absolute Gasteiger partial charge is 0.194 e. The maximum absolute atomic E-state index is 12.8. The quantitative estimate of drug-likeness (QED) is 0.304. The Bertz CT molecular complexity index is 1180. The summed E-state index contributed by atoms with van der Waals surface area (Å²) < 4.78 is 5.44. The molecule has 0 unspecified atom stereocenters. The lowest BCUT2D eigenvalue weighted by Gasteiger charge is -2.10. The van der Waals surface area contributed by atoms with E-state index < -0.39 is 0 Å². The molecule has 1 heterocycles. The summed E-state index contributed by atoms with van der Waals surface area (Å²) in [5, 5.41) is 1.64. The highest BCUT2D eigenvalue weighted by molar-refractivity contribution is 8.00. The van der Waals surface area contributed by atoms with Gasteiger partial charge in [-0.3, -0.25) is 4.79 Å². The first-order valence-electron chi connectivity index (χ1n) is 8.91. The van der Waals surface area contributed by atoms with E-state index in [1.54, 1.807) is 6.07 Å². The van der Waals surface area contributed by atoms with Crippen LogP contribution in [0.5, 0.6) is 0 Å². The van der Waals surface area contributed by atoms with Gasteiger partial charge in [0.2, 0.25) is 0 Å². The number of benzene rings is 3. The summed E-state index contributed by atoms with van der Waals surface area (Å²) in [4.78, 5) is 13.7. The van der Waals surface area contributed by atoms with Crippen molar-refractivity contribution >= 4 is 45.9 Å². The van der Waals surface area contributed by atoms with Gasteiger partial charge in [-0.15, -0.1) is 0 Å². The van der Waals surface area contributed by atoms with E-state index in [0.717, 1.165) is 16.1 Å². The number of hydrogen-bond donors (Lipinski definition) is 1. The van der Waals surface area contributed by atoms with Gasteiger partial charge in [-0.2, -0.15) is 0 Å². The van der Waals surface area contributed by atoms with Crippen molar-refractivity contribution in [2.24, 2.45) is 7.05 Å². The van der Waals surface area contributed by atoms with E-state index in [1.165, 1.54) is 22.9 Å². The third-order valence-corrected chi connectivity index (χ3v) is 5.89. The molecule has 4 rings (SSSR count). The third-order valence-electron chi connectivity index (χ3n) is 4.75. The van der Waals surface area contributed by atoms with Crippen LogP contribution in [0.4, 0.5) is 5.69 Å². The second-order valence-corrected chi connectivity index (χ2v) is 7.98. The topological polar surface area (TPSA) is 34.0 Å². The number of aromatic nitrogens is 1. The summed E-state index contributed by atoms with van der Waals surface area (Å²) in [6.45, 7) is 1.93. The molecule has 0 saturated carbocycles. The van der Waals surface area contributed by atoms with Crippen LogP contribution in [0.3, 0.4) is 0 Å². The van der Waals surface area contributed by atoms with Crippen LogP contribution in [0.15, 0.2) is 77.8 Å². The third kappa shape index (κ3) is 3.66. The average molecular weight is 407 g/mol. The molecule has 0 radical (unpaired) electrons. The fourth-order valence-corrected chi connectivity index (χ4v) is 4.19. The van der Waals surface area contributed by atoms with Crippen LogP contribution in [0.2, 0.25) is 5.02 Å². The van der Waals surface area contributed by atoms with Crippen molar-refractivity contribution in [1.82, 2.24) is 4.57 Å². The van der Waals surface area contributed by atoms with Crippen molar-refractivity contribution in [1.29, 1.82) is 0 Å². The Kier molecular flexibility index (Phi) is 5.16. The molecule has 1 N–H and O–H groups in total. The maximum Gasteiger partial charge on any atom is 0.194 e. The van der Waals surface area contributed by atoms with E-state index in [-0.39, 0.29) is 5.78 Å². The maximum atomic E-state index is 12.8. The highest BCUT2D eigenvalue weighted by Crippen LogP contribution is 2.29. The second-order valence-electron chi connectivity index (χ2n) is 6.69. The number of halogens is 1. The summed E-state index contributed by atoms with van der Waals surface area (Å²) in [6.07, 6.45) is 2.05. The van der Waals surface area contributed by atoms with Gasteiger partial charge in [0.15, 0.2) is 5.78 Å². The minimum absolute atomic E-state index is 0.0536. The molecule has 0 aliphatic carbocycles. The van der Waals surface area contributed by atoms with E-state index in [9.17, 15) is 4.79 Å². The van der Waals surface area contributed by atoms with Gasteiger partial charge in [0.25, 0.3) is 0 Å². The summed E-state index contributed by atoms with van der Waals surface area (Å²) in [6, 6.07) is 21.4. The molecule has 3 aromatic carbocycles. The molecule has 0 aliphatic heterocycles. The minimum atomic E-state index is -0.0536. The number of ketones is 1. The van der Waals surface area contributed by atoms with Crippen molar-refractivity contribution in [2.45, 2.75) is 11.8 Å². The Morgan fingerprint density at radius 3 is 2.61 bits per heavy atom. The summed E-state index contributed by atoms with van der Waals surface area (Å²) in [5.41, 5.74) is 4.35. The fourth-order valence-electron chi connectivity index (χ4n) is 3.18. The highest BCUT2D eigenvalue weighted by atomic mass is 35.5. The minimum Gasteiger partial charge on any atom is -0.351 e. The van der Waals surface area contributed by atoms with Crippen LogP contribution in [0, 0.1) is 6.92 Å². The first kappa shape index (κ1) is 18.7. The van der Waals surface area contributed by atoms with Crippen LogP contribution >= 0.6 is 23.5 Å². The van der Waals surface area contributed by atoms with Crippen molar-refractivity contribution < 1.29 is 4.79 Å². The van der Waals surface area contributed by atoms with Crippen molar-refractivity contribution in [3.05, 3.63) is 94.6 Å². The molecule has 3 nitrogen and oxygen atoms in total. The van der Waals surface area contributed by atoms with Gasteiger partial charge in [-0.25, -0.2) is 0 Å². The van der Waals surface area contributed by atoms with E-state index in [1.807, 2.05) is 62.6 Å². The van der Waals surface area contributed by atoms with Gasteiger partial charge in [-0.05, 0) is 66.9 Å². The van der Waals surface area contributed by atoms with E-state index in [0.29, 0.717) is 16.1 Å². The van der Waals surface area contributed by atoms with Gasteiger partial charge in [0.1, 0.15) is 0 Å². The van der Waals surface area contributed by atoms with Crippen molar-refractivity contribution in [2.75, 3.05) is 4.72 Å². The Balaban J connectivity index is 1.51. The standard InChI is InChI=1S/C23H19ClN2OS/c1-15-5-3-4-6-19(15)23(27)20-9-8-18(14-21(20)24)28-25-17-7-10-22-16(13-17)11-12-26(22)2/h3-14,25H,1-2H3. The zero-order chi connectivity index (χ0) is 19.7. The molecule has 0 atom stereocenters. The number of hydrogen-bond acceptors (Lipinski definition) is 3. The van der Waals surface area contributed by atoms with Crippen LogP contribution in [0.1, 0.15) is 21.5 Å². The molecular weight excluding hydrogens is 388 g/mol. The second kappa shape index (κ2) is 7.74. The predicted molar refractivity (Wildman–Crippen MR) is 118 cm³/mol. The number of aryl methyl sites for hydroxylation is 2. The zero-order valence-corrected chi connectivity index (χ0v) is 17.1. The average Bonchev–Trinajstić information content (AvgIpc) is 3.07. The first-order chi connectivity index (χ1) is 13.5. The molecule has 28 heavy (non-hydrogen) atoms. The number of anilines is 1. The molecule has 0 amide bonds. The summed E-state index contributed by atoms with van der Waals surface area (Å²) in [5.74, 6) is -0.0536. The normalized spacial score (nSPS) is 11.0. The van der Waals surface area contributed by atoms with Gasteiger partial charge in [-0.1, -0.05) is 35.9 Å². The number of carbonyl (C=O) groups is 1. The lowest BCUT2D eigenvalue weighted by atomic mass is 9.99. The lowest BCUT2D eigenvalue weighted by molar-refractivity contribution is 0.103. The number of rotatable bonds is 5. The summed E-state index contributed by atoms with van der Waals surface area (Å²) in [7, 11) is 2.03. The van der Waals surface area contributed by atoms with Gasteiger partial charge >= 0.3 is 0 Å². The fraction of sp³-hybridized carbons (Fsp3) is 0.0870. The Morgan fingerprint density at radius 2 is 1.82 bits per heavy atom. The van der Waals surface area contributed by atoms with Gasteiger partial charge < -0.3 is 9.29 Å².